The highest BCUT2D eigenvalue weighted by molar-refractivity contribution is 7.99. The molecule has 4 rings (SSSR count). The van der Waals surface area contributed by atoms with Crippen LogP contribution in [0.1, 0.15) is 24.8 Å². The molecule has 3 aromatic carbocycles. The van der Waals surface area contributed by atoms with Gasteiger partial charge in [0.25, 0.3) is 5.69 Å². The van der Waals surface area contributed by atoms with E-state index in [1.807, 2.05) is 34.9 Å². The number of para-hydroxylation sites is 1. The zero-order chi connectivity index (χ0) is 25.3. The van der Waals surface area contributed by atoms with E-state index in [4.69, 9.17) is 0 Å². The number of halogens is 1. The fourth-order valence-corrected chi connectivity index (χ4v) is 4.49. The summed E-state index contributed by atoms with van der Waals surface area (Å²) in [6.07, 6.45) is 1.93. The van der Waals surface area contributed by atoms with Crippen molar-refractivity contribution in [2.75, 3.05) is 5.75 Å². The van der Waals surface area contributed by atoms with Crippen LogP contribution in [0.15, 0.2) is 84.0 Å². The average molecular weight is 506 g/mol. The lowest BCUT2D eigenvalue weighted by atomic mass is 10.2. The van der Waals surface area contributed by atoms with Crippen molar-refractivity contribution in [1.29, 1.82) is 0 Å². The van der Waals surface area contributed by atoms with Gasteiger partial charge in [0.2, 0.25) is 5.91 Å². The molecule has 0 aliphatic heterocycles. The quantitative estimate of drug-likeness (QED) is 0.124. The number of hydrogen-bond acceptors (Lipinski definition) is 6. The maximum Gasteiger partial charge on any atom is 0.269 e. The molecule has 0 aliphatic rings. The van der Waals surface area contributed by atoms with Gasteiger partial charge in [-0.05, 0) is 54.8 Å². The summed E-state index contributed by atoms with van der Waals surface area (Å²) >= 11 is 1.54. The number of nitrogens with one attached hydrogen (secondary N) is 1. The molecule has 1 amide bonds. The van der Waals surface area contributed by atoms with Crippen LogP contribution in [0, 0.1) is 15.9 Å². The topological polar surface area (TPSA) is 103 Å². The van der Waals surface area contributed by atoms with E-state index in [9.17, 15) is 19.3 Å². The number of rotatable bonds is 11. The third kappa shape index (κ3) is 6.54. The number of benzene rings is 3. The van der Waals surface area contributed by atoms with Gasteiger partial charge >= 0.3 is 0 Å². The molecule has 1 N–H and O–H groups in total. The zero-order valence-corrected chi connectivity index (χ0v) is 20.2. The summed E-state index contributed by atoms with van der Waals surface area (Å²) in [5.41, 5.74) is 2.48. The average Bonchev–Trinajstić information content (AvgIpc) is 3.32. The predicted octanol–water partition coefficient (Wildman–Crippen LogP) is 5.56. The van der Waals surface area contributed by atoms with Crippen LogP contribution in [-0.4, -0.2) is 31.3 Å². The Morgan fingerprint density at radius 1 is 0.972 bits per heavy atom. The number of unbranched alkanes of at least 4 members (excludes halogenated alkanes) is 1. The molecule has 0 aliphatic carbocycles. The number of nitrogens with zero attached hydrogens (tertiary/aromatic N) is 4. The molecule has 1 aromatic heterocycles. The Labute approximate surface area is 211 Å². The lowest BCUT2D eigenvalue weighted by Gasteiger charge is -2.10. The van der Waals surface area contributed by atoms with Gasteiger partial charge in [-0.3, -0.25) is 19.5 Å². The molecule has 8 nitrogen and oxygen atoms in total. The van der Waals surface area contributed by atoms with Crippen molar-refractivity contribution in [1.82, 2.24) is 20.1 Å². The Bertz CT molecular complexity index is 1310. The van der Waals surface area contributed by atoms with Gasteiger partial charge in [-0.25, -0.2) is 4.39 Å². The molecule has 10 heteroatoms. The van der Waals surface area contributed by atoms with Crippen molar-refractivity contribution in [2.24, 2.45) is 0 Å². The number of nitro benzene ring substituents is 1. The highest BCUT2D eigenvalue weighted by atomic mass is 32.2. The molecule has 4 aromatic rings. The Morgan fingerprint density at radius 2 is 1.69 bits per heavy atom. The molecular formula is C26H24FN5O3S. The van der Waals surface area contributed by atoms with Crippen LogP contribution in [-0.2, 0) is 11.3 Å². The number of aromatic nitrogens is 3. The maximum atomic E-state index is 13.0. The molecule has 1 heterocycles. The first-order chi connectivity index (χ1) is 17.5. The molecule has 0 atom stereocenters. The van der Waals surface area contributed by atoms with Crippen LogP contribution >= 0.6 is 11.8 Å². The fraction of sp³-hybridized carbons (Fsp3) is 0.192. The van der Waals surface area contributed by atoms with Crippen LogP contribution in [0.3, 0.4) is 0 Å². The Kier molecular flexibility index (Phi) is 8.40. The second kappa shape index (κ2) is 12.1. The Hall–Kier alpha value is -4.05. The normalized spacial score (nSPS) is 10.8. The summed E-state index contributed by atoms with van der Waals surface area (Å²) in [7, 11) is 0. The van der Waals surface area contributed by atoms with Gasteiger partial charge in [0.05, 0.1) is 4.92 Å². The zero-order valence-electron chi connectivity index (χ0n) is 19.3. The van der Waals surface area contributed by atoms with E-state index in [-0.39, 0.29) is 17.4 Å². The molecule has 0 saturated carbocycles. The molecular weight excluding hydrogens is 481 g/mol. The van der Waals surface area contributed by atoms with Crippen LogP contribution in [0.5, 0.6) is 0 Å². The highest BCUT2D eigenvalue weighted by Crippen LogP contribution is 2.29. The van der Waals surface area contributed by atoms with Crippen molar-refractivity contribution in [3.05, 3.63) is 100 Å². The van der Waals surface area contributed by atoms with E-state index in [1.165, 1.54) is 24.3 Å². The standard InChI is InChI=1S/C26H24FN5O3S/c27-21-13-9-19(10-14-21)18-28-24(33)8-4-5-17-36-26-30-29-25(31(26)22-6-2-1-3-7-22)20-11-15-23(16-12-20)32(34)35/h1-3,6-7,9-16H,4-5,8,17-18H2,(H,28,33). The number of thioether (sulfide) groups is 1. The molecule has 0 saturated heterocycles. The molecule has 0 fully saturated rings. The van der Waals surface area contributed by atoms with Crippen molar-refractivity contribution in [3.63, 3.8) is 0 Å². The fourth-order valence-electron chi connectivity index (χ4n) is 3.53. The number of nitro groups is 1. The van der Waals surface area contributed by atoms with E-state index >= 15 is 0 Å². The van der Waals surface area contributed by atoms with Crippen molar-refractivity contribution < 1.29 is 14.1 Å². The second-order valence-corrected chi connectivity index (χ2v) is 9.05. The first-order valence-electron chi connectivity index (χ1n) is 11.4. The van der Waals surface area contributed by atoms with Gasteiger partial charge in [0, 0.05) is 42.1 Å². The summed E-state index contributed by atoms with van der Waals surface area (Å²) in [6, 6.07) is 22.0. The van der Waals surface area contributed by atoms with Gasteiger partial charge in [0.15, 0.2) is 11.0 Å². The van der Waals surface area contributed by atoms with Gasteiger partial charge in [-0.15, -0.1) is 10.2 Å². The third-order valence-electron chi connectivity index (χ3n) is 5.42. The van der Waals surface area contributed by atoms with E-state index < -0.39 is 4.92 Å². The summed E-state index contributed by atoms with van der Waals surface area (Å²) in [4.78, 5) is 22.7. The number of carbonyl (C=O) groups is 1. The third-order valence-corrected chi connectivity index (χ3v) is 6.43. The highest BCUT2D eigenvalue weighted by Gasteiger charge is 2.17. The van der Waals surface area contributed by atoms with Gasteiger partial charge in [-0.2, -0.15) is 0 Å². The van der Waals surface area contributed by atoms with E-state index in [1.54, 1.807) is 36.0 Å². The number of amides is 1. The number of carbonyl (C=O) groups excluding carboxylic acids is 1. The largest absolute Gasteiger partial charge is 0.352 e. The summed E-state index contributed by atoms with van der Waals surface area (Å²) in [5.74, 6) is 0.998. The molecule has 36 heavy (non-hydrogen) atoms. The molecule has 0 spiro atoms. The van der Waals surface area contributed by atoms with E-state index in [0.29, 0.717) is 23.9 Å². The minimum Gasteiger partial charge on any atom is -0.352 e. The summed E-state index contributed by atoms with van der Waals surface area (Å²) < 4.78 is 14.9. The first-order valence-corrected chi connectivity index (χ1v) is 12.4. The number of hydrogen-bond donors (Lipinski definition) is 1. The van der Waals surface area contributed by atoms with Crippen LogP contribution in [0.2, 0.25) is 0 Å². The van der Waals surface area contributed by atoms with Crippen LogP contribution < -0.4 is 5.32 Å². The molecule has 0 unspecified atom stereocenters. The van der Waals surface area contributed by atoms with Crippen molar-refractivity contribution >= 4 is 23.4 Å². The number of non-ortho nitro benzene ring substituents is 1. The SMILES string of the molecule is O=C(CCCCSc1nnc(-c2ccc([N+](=O)[O-])cc2)n1-c1ccccc1)NCc1ccc(F)cc1. The van der Waals surface area contributed by atoms with Crippen molar-refractivity contribution in [2.45, 2.75) is 31.0 Å². The van der Waals surface area contributed by atoms with Gasteiger partial charge < -0.3 is 5.32 Å². The van der Waals surface area contributed by atoms with Crippen LogP contribution in [0.25, 0.3) is 17.1 Å². The smallest absolute Gasteiger partial charge is 0.269 e. The summed E-state index contributed by atoms with van der Waals surface area (Å²) in [5, 5.41) is 23.3. The Balaban J connectivity index is 1.34. The molecule has 0 bridgehead atoms. The predicted molar refractivity (Wildman–Crippen MR) is 136 cm³/mol. The lowest BCUT2D eigenvalue weighted by Crippen LogP contribution is -2.22. The Morgan fingerprint density at radius 3 is 2.39 bits per heavy atom. The van der Waals surface area contributed by atoms with Crippen LogP contribution in [0.4, 0.5) is 10.1 Å². The van der Waals surface area contributed by atoms with Gasteiger partial charge in [-0.1, -0.05) is 42.1 Å². The molecule has 0 radical (unpaired) electrons. The van der Waals surface area contributed by atoms with Crippen molar-refractivity contribution in [3.8, 4) is 17.1 Å². The maximum absolute atomic E-state index is 13.0. The monoisotopic (exact) mass is 505 g/mol. The minimum atomic E-state index is -0.434. The minimum absolute atomic E-state index is 0.0147. The van der Waals surface area contributed by atoms with E-state index in [0.717, 1.165) is 35.4 Å². The molecule has 184 valence electrons. The van der Waals surface area contributed by atoms with Gasteiger partial charge in [0.1, 0.15) is 5.82 Å². The van der Waals surface area contributed by atoms with E-state index in [2.05, 4.69) is 15.5 Å². The second-order valence-electron chi connectivity index (χ2n) is 7.99. The summed E-state index contributed by atoms with van der Waals surface area (Å²) in [6.45, 7) is 0.374. The first kappa shape index (κ1) is 25.1. The lowest BCUT2D eigenvalue weighted by molar-refractivity contribution is -0.384.